The first-order valence-corrected chi connectivity index (χ1v) is 44.4. The fourth-order valence-electron chi connectivity index (χ4n) is 14.8. The van der Waals surface area contributed by atoms with E-state index >= 15 is 0 Å². The van der Waals surface area contributed by atoms with Crippen LogP contribution in [0, 0.1) is 0 Å². The molecule has 14 heteroatoms. The Morgan fingerprint density at radius 3 is 1.01 bits per heavy atom. The van der Waals surface area contributed by atoms with Gasteiger partial charge in [0, 0.05) is 6.42 Å². The Labute approximate surface area is 633 Å². The maximum absolute atomic E-state index is 13.4. The molecule has 606 valence electrons. The highest BCUT2D eigenvalue weighted by Gasteiger charge is 2.51. The number of aliphatic hydroxyl groups excluding tert-OH is 8. The molecule has 0 spiro atoms. The average Bonchev–Trinajstić information content (AvgIpc) is 0.791. The minimum atomic E-state index is -1.79. The van der Waals surface area contributed by atoms with Crippen molar-refractivity contribution in [3.05, 3.63) is 48.6 Å². The number of carbonyl (C=O) groups excluding carboxylic acids is 1. The minimum Gasteiger partial charge on any atom is -0.394 e. The van der Waals surface area contributed by atoms with E-state index in [9.17, 15) is 45.6 Å². The molecule has 2 aliphatic heterocycles. The number of carbonyl (C=O) groups is 1. The lowest BCUT2D eigenvalue weighted by atomic mass is 9.97. The molecule has 2 rings (SSSR count). The van der Waals surface area contributed by atoms with Crippen LogP contribution in [0.5, 0.6) is 0 Å². The van der Waals surface area contributed by atoms with Crippen LogP contribution in [-0.4, -0.2) is 140 Å². The highest BCUT2D eigenvalue weighted by molar-refractivity contribution is 5.76. The van der Waals surface area contributed by atoms with Gasteiger partial charge in [-0.25, -0.2) is 0 Å². The van der Waals surface area contributed by atoms with Crippen molar-refractivity contribution < 1.29 is 64.6 Å². The number of hydrogen-bond donors (Lipinski definition) is 9. The molecular formula is C89H167NO13. The number of nitrogens with one attached hydrogen (secondary N) is 1. The third kappa shape index (κ3) is 55.1. The first-order valence-electron chi connectivity index (χ1n) is 44.4. The van der Waals surface area contributed by atoms with Gasteiger partial charge in [0.1, 0.15) is 48.8 Å². The zero-order chi connectivity index (χ0) is 74.4. The lowest BCUT2D eigenvalue weighted by Gasteiger charge is -2.46. The molecule has 0 aromatic rings. The molecule has 1 amide bonds. The second-order valence-electron chi connectivity index (χ2n) is 31.4. The lowest BCUT2D eigenvalue weighted by Crippen LogP contribution is -2.65. The number of rotatable bonds is 76. The molecule has 0 radical (unpaired) electrons. The number of aliphatic hydroxyl groups is 8. The maximum atomic E-state index is 13.4. The Kier molecular flexibility index (Phi) is 68.6. The summed E-state index contributed by atoms with van der Waals surface area (Å²) in [5, 5.41) is 87.8. The molecule has 2 heterocycles. The molecular weight excluding hydrogens is 1290 g/mol. The standard InChI is InChI=1S/C89H167NO13/c1-3-5-7-9-11-13-15-17-19-21-23-25-27-29-31-33-35-37-38-39-40-41-43-45-47-49-51-53-55-57-59-61-63-65-67-69-71-73-81(94)90-77(76-100-88-86(99)84(97)87(80(75-92)102-88)103-89-85(98)83(96)82(95)79(74-91)101-89)78(93)72-70-68-66-64-62-60-58-56-54-52-50-48-46-44-42-36-34-32-30-28-26-24-22-20-18-16-14-12-10-8-6-4-2/h15,17,21,23,62,64,70,72,77-80,82-89,91-93,95-99H,3-14,16,18-20,22,24-61,63,65-69,71,73-76H2,1-2H3,(H,90,94)/b17-15-,23-21-,64-62+,72-70+. The Bertz CT molecular complexity index is 1920. The third-order valence-electron chi connectivity index (χ3n) is 21.7. The summed E-state index contributed by atoms with van der Waals surface area (Å²) in [6, 6.07) is -0.933. The predicted molar refractivity (Wildman–Crippen MR) is 429 cm³/mol. The molecule has 0 aromatic carbocycles. The van der Waals surface area contributed by atoms with Crippen molar-refractivity contribution in [3.8, 4) is 0 Å². The highest BCUT2D eigenvalue weighted by atomic mass is 16.7. The van der Waals surface area contributed by atoms with E-state index in [1.54, 1.807) is 6.08 Å². The van der Waals surface area contributed by atoms with Gasteiger partial charge in [-0.05, 0) is 64.2 Å². The molecule has 0 bridgehead atoms. The largest absolute Gasteiger partial charge is 0.394 e. The summed E-state index contributed by atoms with van der Waals surface area (Å²) >= 11 is 0. The second-order valence-corrected chi connectivity index (χ2v) is 31.4. The average molecular weight is 1460 g/mol. The molecule has 0 saturated carbocycles. The molecule has 2 saturated heterocycles. The number of unbranched alkanes of at least 4 members (excludes halogenated alkanes) is 57. The summed E-state index contributed by atoms with van der Waals surface area (Å²) in [4.78, 5) is 13.4. The van der Waals surface area contributed by atoms with Gasteiger partial charge in [0.25, 0.3) is 0 Å². The van der Waals surface area contributed by atoms with Crippen LogP contribution in [0.4, 0.5) is 0 Å². The van der Waals surface area contributed by atoms with Crippen LogP contribution in [-0.2, 0) is 23.7 Å². The summed E-state index contributed by atoms with van der Waals surface area (Å²) in [6.45, 7) is 2.84. The number of amides is 1. The molecule has 12 unspecified atom stereocenters. The minimum absolute atomic E-state index is 0.240. The number of hydrogen-bond acceptors (Lipinski definition) is 13. The fourth-order valence-corrected chi connectivity index (χ4v) is 14.8. The van der Waals surface area contributed by atoms with E-state index < -0.39 is 86.8 Å². The third-order valence-corrected chi connectivity index (χ3v) is 21.7. The smallest absolute Gasteiger partial charge is 0.220 e. The summed E-state index contributed by atoms with van der Waals surface area (Å²) in [5.41, 5.74) is 0. The Hall–Kier alpha value is -2.05. The monoisotopic (exact) mass is 1460 g/mol. The van der Waals surface area contributed by atoms with Crippen LogP contribution < -0.4 is 5.32 Å². The molecule has 103 heavy (non-hydrogen) atoms. The summed E-state index contributed by atoms with van der Waals surface area (Å²) in [5.74, 6) is -0.240. The van der Waals surface area contributed by atoms with E-state index in [1.165, 1.54) is 347 Å². The van der Waals surface area contributed by atoms with Crippen LogP contribution in [0.2, 0.25) is 0 Å². The zero-order valence-corrected chi connectivity index (χ0v) is 66.8. The van der Waals surface area contributed by atoms with Gasteiger partial charge in [-0.2, -0.15) is 0 Å². The van der Waals surface area contributed by atoms with Crippen molar-refractivity contribution >= 4 is 5.91 Å². The van der Waals surface area contributed by atoms with E-state index in [0.29, 0.717) is 12.8 Å². The summed E-state index contributed by atoms with van der Waals surface area (Å²) in [7, 11) is 0. The predicted octanol–water partition coefficient (Wildman–Crippen LogP) is 21.3. The van der Waals surface area contributed by atoms with Crippen molar-refractivity contribution in [1.29, 1.82) is 0 Å². The molecule has 14 nitrogen and oxygen atoms in total. The molecule has 12 atom stereocenters. The normalized spacial score (nSPS) is 21.7. The van der Waals surface area contributed by atoms with Gasteiger partial charge in [0.05, 0.1) is 32.0 Å². The quantitative estimate of drug-likeness (QED) is 0.0204. The SMILES string of the molecule is CCCCCCC/C=C\C/C=C\CCCCCCCCCCCCCCCCCCCCCCCCCCCC(=O)NC(COC1OC(CO)C(OC2OC(CO)C(O)C(O)C2O)C(O)C1O)C(O)/C=C/CC/C=C/CCCCCCCCCCCCCCCCCCCCCCCCCCCC. The number of allylic oxidation sites excluding steroid dienone is 7. The van der Waals surface area contributed by atoms with Crippen LogP contribution >= 0.6 is 0 Å². The van der Waals surface area contributed by atoms with Crippen molar-refractivity contribution in [3.63, 3.8) is 0 Å². The van der Waals surface area contributed by atoms with Crippen molar-refractivity contribution in [2.24, 2.45) is 0 Å². The summed E-state index contributed by atoms with van der Waals surface area (Å²) in [6.07, 6.45) is 82.3. The van der Waals surface area contributed by atoms with Crippen molar-refractivity contribution in [2.75, 3.05) is 19.8 Å². The van der Waals surface area contributed by atoms with E-state index in [-0.39, 0.29) is 18.9 Å². The highest BCUT2D eigenvalue weighted by Crippen LogP contribution is 2.31. The van der Waals surface area contributed by atoms with Gasteiger partial charge in [-0.15, -0.1) is 0 Å². The van der Waals surface area contributed by atoms with Gasteiger partial charge in [0.2, 0.25) is 5.91 Å². The molecule has 0 aliphatic carbocycles. The van der Waals surface area contributed by atoms with E-state index in [1.807, 2.05) is 6.08 Å². The Balaban J connectivity index is 1.58. The number of ether oxygens (including phenoxy) is 4. The van der Waals surface area contributed by atoms with Crippen LogP contribution in [0.15, 0.2) is 48.6 Å². The molecule has 0 aromatic heterocycles. The molecule has 2 aliphatic rings. The van der Waals surface area contributed by atoms with Gasteiger partial charge in [-0.3, -0.25) is 4.79 Å². The first-order chi connectivity index (χ1) is 50.6. The van der Waals surface area contributed by atoms with Gasteiger partial charge >= 0.3 is 0 Å². The zero-order valence-electron chi connectivity index (χ0n) is 66.8. The van der Waals surface area contributed by atoms with Crippen molar-refractivity contribution in [2.45, 2.75) is 492 Å². The van der Waals surface area contributed by atoms with Crippen LogP contribution in [0.25, 0.3) is 0 Å². The van der Waals surface area contributed by atoms with Gasteiger partial charge in [0.15, 0.2) is 12.6 Å². The Morgan fingerprint density at radius 2 is 0.650 bits per heavy atom. The topological polar surface area (TPSA) is 228 Å². The summed E-state index contributed by atoms with van der Waals surface area (Å²) < 4.78 is 22.9. The maximum Gasteiger partial charge on any atom is 0.220 e. The second kappa shape index (κ2) is 72.8. The fraction of sp³-hybridized carbons (Fsp3) is 0.899. The van der Waals surface area contributed by atoms with Crippen LogP contribution in [0.1, 0.15) is 418 Å². The van der Waals surface area contributed by atoms with E-state index in [0.717, 1.165) is 38.5 Å². The Morgan fingerprint density at radius 1 is 0.350 bits per heavy atom. The van der Waals surface area contributed by atoms with Gasteiger partial charge in [-0.1, -0.05) is 396 Å². The molecule has 9 N–H and O–H groups in total. The molecule has 2 fully saturated rings. The lowest BCUT2D eigenvalue weighted by molar-refractivity contribution is -0.359. The van der Waals surface area contributed by atoms with Crippen LogP contribution in [0.3, 0.4) is 0 Å². The van der Waals surface area contributed by atoms with E-state index in [4.69, 9.17) is 18.9 Å². The first kappa shape index (κ1) is 97.0. The van der Waals surface area contributed by atoms with E-state index in [2.05, 4.69) is 55.6 Å². The van der Waals surface area contributed by atoms with Gasteiger partial charge < -0.3 is 65.1 Å². The van der Waals surface area contributed by atoms with Crippen molar-refractivity contribution in [1.82, 2.24) is 5.32 Å².